The van der Waals surface area contributed by atoms with Gasteiger partial charge in [0.15, 0.2) is 0 Å². The molecule has 1 N–H and O–H groups in total. The first-order valence-electron chi connectivity index (χ1n) is 5.49. The monoisotopic (exact) mass is 259 g/mol. The first kappa shape index (κ1) is 14.5. The summed E-state index contributed by atoms with van der Waals surface area (Å²) in [6, 6.07) is 9.32. The SMILES string of the molecule is O=C(CCOCC(F)F)NOCc1ccccc1. The third-order valence-electron chi connectivity index (χ3n) is 1.98. The van der Waals surface area contributed by atoms with Gasteiger partial charge in [-0.3, -0.25) is 9.63 Å². The van der Waals surface area contributed by atoms with Crippen molar-refractivity contribution in [2.45, 2.75) is 19.5 Å². The standard InChI is InChI=1S/C12H15F2NO3/c13-11(14)9-17-7-6-12(16)15-18-8-10-4-2-1-3-5-10/h1-5,11H,6-9H2,(H,15,16). The average Bonchev–Trinajstić information content (AvgIpc) is 2.36. The van der Waals surface area contributed by atoms with Crippen LogP contribution < -0.4 is 5.48 Å². The van der Waals surface area contributed by atoms with Gasteiger partial charge in [-0.1, -0.05) is 30.3 Å². The van der Waals surface area contributed by atoms with Gasteiger partial charge in [-0.05, 0) is 5.56 Å². The van der Waals surface area contributed by atoms with Crippen LogP contribution in [0.25, 0.3) is 0 Å². The summed E-state index contributed by atoms with van der Waals surface area (Å²) in [5.74, 6) is -0.403. The summed E-state index contributed by atoms with van der Waals surface area (Å²) in [6.07, 6.45) is -2.52. The molecule has 0 spiro atoms. The Labute approximate surface area is 104 Å². The molecule has 1 amide bonds. The van der Waals surface area contributed by atoms with Crippen molar-refractivity contribution in [3.8, 4) is 0 Å². The molecule has 0 aliphatic rings. The van der Waals surface area contributed by atoms with E-state index in [0.29, 0.717) is 0 Å². The highest BCUT2D eigenvalue weighted by molar-refractivity contribution is 5.74. The minimum Gasteiger partial charge on any atom is -0.375 e. The molecular weight excluding hydrogens is 244 g/mol. The van der Waals surface area contributed by atoms with Crippen molar-refractivity contribution < 1.29 is 23.1 Å². The zero-order valence-electron chi connectivity index (χ0n) is 9.77. The van der Waals surface area contributed by atoms with Gasteiger partial charge < -0.3 is 4.74 Å². The quantitative estimate of drug-likeness (QED) is 0.573. The number of nitrogens with one attached hydrogen (secondary N) is 1. The predicted octanol–water partition coefficient (Wildman–Crippen LogP) is 1.91. The third kappa shape index (κ3) is 6.93. The molecule has 1 rings (SSSR count). The fraction of sp³-hybridized carbons (Fsp3) is 0.417. The number of carbonyl (C=O) groups excluding carboxylic acids is 1. The van der Waals surface area contributed by atoms with Crippen LogP contribution in [0.15, 0.2) is 30.3 Å². The van der Waals surface area contributed by atoms with Gasteiger partial charge in [0.05, 0.1) is 19.6 Å². The molecule has 0 saturated heterocycles. The summed E-state index contributed by atoms with van der Waals surface area (Å²) in [5.41, 5.74) is 3.14. The van der Waals surface area contributed by atoms with Gasteiger partial charge in [0.2, 0.25) is 5.91 Å². The van der Waals surface area contributed by atoms with Crippen LogP contribution in [0.1, 0.15) is 12.0 Å². The van der Waals surface area contributed by atoms with Crippen LogP contribution in [0, 0.1) is 0 Å². The molecule has 6 heteroatoms. The van der Waals surface area contributed by atoms with Gasteiger partial charge >= 0.3 is 0 Å². The molecule has 0 radical (unpaired) electrons. The average molecular weight is 259 g/mol. The number of rotatable bonds is 8. The lowest BCUT2D eigenvalue weighted by Crippen LogP contribution is -2.25. The van der Waals surface area contributed by atoms with Gasteiger partial charge in [0, 0.05) is 0 Å². The van der Waals surface area contributed by atoms with Gasteiger partial charge in [-0.25, -0.2) is 14.3 Å². The smallest absolute Gasteiger partial charge is 0.261 e. The van der Waals surface area contributed by atoms with E-state index in [1.807, 2.05) is 30.3 Å². The normalized spacial score (nSPS) is 10.6. The lowest BCUT2D eigenvalue weighted by Gasteiger charge is -2.06. The fourth-order valence-electron chi connectivity index (χ4n) is 1.16. The molecule has 100 valence electrons. The summed E-state index contributed by atoms with van der Waals surface area (Å²) >= 11 is 0. The van der Waals surface area contributed by atoms with Crippen molar-refractivity contribution in [3.63, 3.8) is 0 Å². The molecule has 0 aliphatic heterocycles. The Morgan fingerprint density at radius 2 is 2.00 bits per heavy atom. The number of amides is 1. The third-order valence-corrected chi connectivity index (χ3v) is 1.98. The highest BCUT2D eigenvalue weighted by Crippen LogP contribution is 1.99. The van der Waals surface area contributed by atoms with Crippen LogP contribution in [0.4, 0.5) is 8.78 Å². The molecule has 4 nitrogen and oxygen atoms in total. The highest BCUT2D eigenvalue weighted by Gasteiger charge is 2.04. The predicted molar refractivity (Wildman–Crippen MR) is 60.8 cm³/mol. The molecule has 0 unspecified atom stereocenters. The molecule has 0 fully saturated rings. The molecule has 0 aromatic heterocycles. The molecule has 18 heavy (non-hydrogen) atoms. The first-order chi connectivity index (χ1) is 8.68. The Hall–Kier alpha value is -1.53. The van der Waals surface area contributed by atoms with E-state index in [4.69, 9.17) is 4.84 Å². The Kier molecular flexibility index (Phi) is 6.90. The zero-order chi connectivity index (χ0) is 13.2. The minimum atomic E-state index is -2.51. The summed E-state index contributed by atoms with van der Waals surface area (Å²) in [7, 11) is 0. The summed E-state index contributed by atoms with van der Waals surface area (Å²) < 4.78 is 28.0. The highest BCUT2D eigenvalue weighted by atomic mass is 19.3. The van der Waals surface area contributed by atoms with E-state index in [1.165, 1.54) is 0 Å². The molecule has 0 heterocycles. The summed E-state index contributed by atoms with van der Waals surface area (Å²) in [4.78, 5) is 16.1. The van der Waals surface area contributed by atoms with E-state index in [2.05, 4.69) is 10.2 Å². The molecule has 1 aromatic carbocycles. The first-order valence-corrected chi connectivity index (χ1v) is 5.49. The maximum atomic E-state index is 11.7. The number of carbonyl (C=O) groups is 1. The summed E-state index contributed by atoms with van der Waals surface area (Å²) in [5, 5.41) is 0. The van der Waals surface area contributed by atoms with Crippen LogP contribution >= 0.6 is 0 Å². The van der Waals surface area contributed by atoms with E-state index in [1.54, 1.807) is 0 Å². The van der Waals surface area contributed by atoms with Crippen molar-refractivity contribution in [1.82, 2.24) is 5.48 Å². The van der Waals surface area contributed by atoms with Gasteiger partial charge in [-0.2, -0.15) is 0 Å². The number of hydrogen-bond acceptors (Lipinski definition) is 3. The van der Waals surface area contributed by atoms with Crippen LogP contribution in [0.2, 0.25) is 0 Å². The van der Waals surface area contributed by atoms with Crippen LogP contribution in [-0.2, 0) is 21.0 Å². The van der Waals surface area contributed by atoms with Crippen LogP contribution in [0.3, 0.4) is 0 Å². The number of ether oxygens (including phenoxy) is 1. The number of hydrogen-bond donors (Lipinski definition) is 1. The van der Waals surface area contributed by atoms with Gasteiger partial charge in [-0.15, -0.1) is 0 Å². The molecule has 1 aromatic rings. The number of halogens is 2. The number of alkyl halides is 2. The van der Waals surface area contributed by atoms with E-state index >= 15 is 0 Å². The fourth-order valence-corrected chi connectivity index (χ4v) is 1.16. The lowest BCUT2D eigenvalue weighted by atomic mass is 10.2. The van der Waals surface area contributed by atoms with Gasteiger partial charge in [0.1, 0.15) is 6.61 Å². The topological polar surface area (TPSA) is 47.6 Å². The lowest BCUT2D eigenvalue weighted by molar-refractivity contribution is -0.136. The number of benzene rings is 1. The van der Waals surface area contributed by atoms with Gasteiger partial charge in [0.25, 0.3) is 6.43 Å². The zero-order valence-corrected chi connectivity index (χ0v) is 9.77. The Morgan fingerprint density at radius 3 is 2.67 bits per heavy atom. The Balaban J connectivity index is 2.03. The maximum Gasteiger partial charge on any atom is 0.261 e. The Bertz CT molecular complexity index is 346. The van der Waals surface area contributed by atoms with Crippen molar-refractivity contribution in [3.05, 3.63) is 35.9 Å². The van der Waals surface area contributed by atoms with Crippen molar-refractivity contribution in [1.29, 1.82) is 0 Å². The Morgan fingerprint density at radius 1 is 1.28 bits per heavy atom. The van der Waals surface area contributed by atoms with E-state index < -0.39 is 18.9 Å². The molecule has 0 bridgehead atoms. The second kappa shape index (κ2) is 8.54. The molecular formula is C12H15F2NO3. The van der Waals surface area contributed by atoms with Crippen molar-refractivity contribution >= 4 is 5.91 Å². The summed E-state index contributed by atoms with van der Waals surface area (Å²) in [6.45, 7) is -0.451. The minimum absolute atomic E-state index is 0.0124. The molecule has 0 aliphatic carbocycles. The maximum absolute atomic E-state index is 11.7. The van der Waals surface area contributed by atoms with E-state index in [0.717, 1.165) is 5.56 Å². The van der Waals surface area contributed by atoms with E-state index in [9.17, 15) is 13.6 Å². The van der Waals surface area contributed by atoms with E-state index in [-0.39, 0.29) is 19.6 Å². The van der Waals surface area contributed by atoms with Crippen LogP contribution in [-0.4, -0.2) is 25.5 Å². The second-order valence-corrected chi connectivity index (χ2v) is 3.52. The largest absolute Gasteiger partial charge is 0.375 e. The molecule has 0 saturated carbocycles. The van der Waals surface area contributed by atoms with Crippen LogP contribution in [0.5, 0.6) is 0 Å². The van der Waals surface area contributed by atoms with Crippen molar-refractivity contribution in [2.24, 2.45) is 0 Å². The van der Waals surface area contributed by atoms with Crippen molar-refractivity contribution in [2.75, 3.05) is 13.2 Å². The second-order valence-electron chi connectivity index (χ2n) is 3.52. The molecule has 0 atom stereocenters. The number of hydroxylamine groups is 1.